The van der Waals surface area contributed by atoms with Gasteiger partial charge in [0, 0.05) is 13.0 Å². The number of hydrogen-bond donors (Lipinski definition) is 2. The Balaban J connectivity index is 0.00000144. The van der Waals surface area contributed by atoms with E-state index in [1.54, 1.807) is 0 Å². The largest absolute Gasteiger partial charge is 0.356 e. The van der Waals surface area contributed by atoms with Crippen LogP contribution in [0.25, 0.3) is 0 Å². The molecule has 0 aromatic rings. The van der Waals surface area contributed by atoms with Gasteiger partial charge in [-0.1, -0.05) is 0 Å². The van der Waals surface area contributed by atoms with E-state index in [0.717, 1.165) is 38.9 Å². The molecule has 0 aromatic carbocycles. The minimum absolute atomic E-state index is 0. The number of piperidine rings is 1. The summed E-state index contributed by atoms with van der Waals surface area (Å²) in [5, 5.41) is 6.12. The summed E-state index contributed by atoms with van der Waals surface area (Å²) in [6, 6.07) is 0. The zero-order valence-electron chi connectivity index (χ0n) is 8.14. The van der Waals surface area contributed by atoms with Crippen LogP contribution in [0.2, 0.25) is 0 Å². The van der Waals surface area contributed by atoms with Crippen LogP contribution >= 0.6 is 12.4 Å². The zero-order valence-corrected chi connectivity index (χ0v) is 8.95. The molecule has 0 unspecified atom stereocenters. The standard InChI is InChI=1S/C9H18N2O.ClH/c1-2-11-9(12)7-8-3-5-10-6-4-8;/h8,10H,2-7H2,1H3,(H,11,12);1H. The van der Waals surface area contributed by atoms with Crippen molar-refractivity contribution in [3.8, 4) is 0 Å². The fraction of sp³-hybridized carbons (Fsp3) is 0.889. The normalized spacial score (nSPS) is 17.6. The van der Waals surface area contributed by atoms with Gasteiger partial charge in [-0.15, -0.1) is 12.4 Å². The van der Waals surface area contributed by atoms with Crippen molar-refractivity contribution in [1.82, 2.24) is 10.6 Å². The third kappa shape index (κ3) is 5.11. The van der Waals surface area contributed by atoms with Gasteiger partial charge >= 0.3 is 0 Å². The number of halogens is 1. The molecule has 0 atom stereocenters. The van der Waals surface area contributed by atoms with Gasteiger partial charge < -0.3 is 10.6 Å². The monoisotopic (exact) mass is 206 g/mol. The lowest BCUT2D eigenvalue weighted by atomic mass is 9.94. The summed E-state index contributed by atoms with van der Waals surface area (Å²) in [5.41, 5.74) is 0. The third-order valence-electron chi connectivity index (χ3n) is 2.31. The molecule has 1 aliphatic heterocycles. The van der Waals surface area contributed by atoms with Gasteiger partial charge in [0.2, 0.25) is 5.91 Å². The molecule has 1 fully saturated rings. The molecule has 1 saturated heterocycles. The quantitative estimate of drug-likeness (QED) is 0.722. The number of hydrogen-bond acceptors (Lipinski definition) is 2. The molecular weight excluding hydrogens is 188 g/mol. The molecule has 1 rings (SSSR count). The summed E-state index contributed by atoms with van der Waals surface area (Å²) in [7, 11) is 0. The molecule has 13 heavy (non-hydrogen) atoms. The molecule has 0 spiro atoms. The summed E-state index contributed by atoms with van der Waals surface area (Å²) >= 11 is 0. The maximum Gasteiger partial charge on any atom is 0.220 e. The van der Waals surface area contributed by atoms with Gasteiger partial charge in [0.25, 0.3) is 0 Å². The summed E-state index contributed by atoms with van der Waals surface area (Å²) in [6.45, 7) is 4.86. The minimum atomic E-state index is 0. The van der Waals surface area contributed by atoms with Crippen LogP contribution in [0.5, 0.6) is 0 Å². The Labute approximate surface area is 86.1 Å². The number of carbonyl (C=O) groups is 1. The van der Waals surface area contributed by atoms with Crippen LogP contribution in [0.1, 0.15) is 26.2 Å². The fourth-order valence-electron chi connectivity index (χ4n) is 1.62. The molecule has 0 aromatic heterocycles. The van der Waals surface area contributed by atoms with Gasteiger partial charge in [-0.3, -0.25) is 4.79 Å². The summed E-state index contributed by atoms with van der Waals surface area (Å²) in [4.78, 5) is 11.2. The average Bonchev–Trinajstić information content (AvgIpc) is 2.06. The van der Waals surface area contributed by atoms with Crippen molar-refractivity contribution in [2.75, 3.05) is 19.6 Å². The second-order valence-electron chi connectivity index (χ2n) is 3.35. The van der Waals surface area contributed by atoms with E-state index in [1.165, 1.54) is 0 Å². The molecule has 3 nitrogen and oxygen atoms in total. The van der Waals surface area contributed by atoms with Crippen LogP contribution in [0.15, 0.2) is 0 Å². The van der Waals surface area contributed by atoms with E-state index in [0.29, 0.717) is 5.92 Å². The first kappa shape index (κ1) is 12.7. The van der Waals surface area contributed by atoms with E-state index in [-0.39, 0.29) is 18.3 Å². The molecule has 0 bridgehead atoms. The van der Waals surface area contributed by atoms with Crippen molar-refractivity contribution in [3.05, 3.63) is 0 Å². The predicted octanol–water partition coefficient (Wildman–Crippen LogP) is 0.934. The highest BCUT2D eigenvalue weighted by atomic mass is 35.5. The van der Waals surface area contributed by atoms with E-state index in [2.05, 4.69) is 10.6 Å². The van der Waals surface area contributed by atoms with Gasteiger partial charge in [-0.2, -0.15) is 0 Å². The Bertz CT molecular complexity index is 147. The van der Waals surface area contributed by atoms with Crippen LogP contribution in [-0.2, 0) is 4.79 Å². The van der Waals surface area contributed by atoms with E-state index in [9.17, 15) is 4.79 Å². The lowest BCUT2D eigenvalue weighted by Crippen LogP contribution is -2.32. The molecule has 1 aliphatic rings. The Hall–Kier alpha value is -0.280. The number of nitrogens with one attached hydrogen (secondary N) is 2. The molecule has 4 heteroatoms. The third-order valence-corrected chi connectivity index (χ3v) is 2.31. The Morgan fingerprint density at radius 3 is 2.62 bits per heavy atom. The van der Waals surface area contributed by atoms with Crippen LogP contribution in [-0.4, -0.2) is 25.5 Å². The fourth-order valence-corrected chi connectivity index (χ4v) is 1.62. The van der Waals surface area contributed by atoms with Crippen molar-refractivity contribution in [1.29, 1.82) is 0 Å². The van der Waals surface area contributed by atoms with Crippen molar-refractivity contribution in [2.24, 2.45) is 5.92 Å². The zero-order chi connectivity index (χ0) is 8.81. The van der Waals surface area contributed by atoms with Crippen LogP contribution in [0.4, 0.5) is 0 Å². The van der Waals surface area contributed by atoms with Gasteiger partial charge in [-0.25, -0.2) is 0 Å². The van der Waals surface area contributed by atoms with Crippen LogP contribution in [0, 0.1) is 5.92 Å². The first-order chi connectivity index (χ1) is 5.83. The smallest absolute Gasteiger partial charge is 0.220 e. The molecular formula is C9H19ClN2O. The van der Waals surface area contributed by atoms with Crippen molar-refractivity contribution >= 4 is 18.3 Å². The lowest BCUT2D eigenvalue weighted by Gasteiger charge is -2.21. The van der Waals surface area contributed by atoms with Crippen molar-refractivity contribution in [3.63, 3.8) is 0 Å². The Kier molecular flexibility index (Phi) is 7.00. The van der Waals surface area contributed by atoms with E-state index in [1.807, 2.05) is 6.92 Å². The van der Waals surface area contributed by atoms with Gasteiger partial charge in [0.15, 0.2) is 0 Å². The van der Waals surface area contributed by atoms with E-state index < -0.39 is 0 Å². The van der Waals surface area contributed by atoms with Gasteiger partial charge in [-0.05, 0) is 38.8 Å². The maximum atomic E-state index is 11.2. The number of carbonyl (C=O) groups excluding carboxylic acids is 1. The predicted molar refractivity (Wildman–Crippen MR) is 56.1 cm³/mol. The highest BCUT2D eigenvalue weighted by molar-refractivity contribution is 5.85. The SMILES string of the molecule is CCNC(=O)CC1CCNCC1.Cl. The molecule has 0 aliphatic carbocycles. The second kappa shape index (κ2) is 7.15. The molecule has 1 heterocycles. The maximum absolute atomic E-state index is 11.2. The van der Waals surface area contributed by atoms with Crippen LogP contribution < -0.4 is 10.6 Å². The first-order valence-corrected chi connectivity index (χ1v) is 4.80. The highest BCUT2D eigenvalue weighted by Gasteiger charge is 2.15. The van der Waals surface area contributed by atoms with Crippen molar-refractivity contribution in [2.45, 2.75) is 26.2 Å². The Morgan fingerprint density at radius 1 is 1.46 bits per heavy atom. The minimum Gasteiger partial charge on any atom is -0.356 e. The molecule has 0 radical (unpaired) electrons. The number of rotatable bonds is 3. The molecule has 0 saturated carbocycles. The molecule has 78 valence electrons. The second-order valence-corrected chi connectivity index (χ2v) is 3.35. The lowest BCUT2D eigenvalue weighted by molar-refractivity contribution is -0.122. The van der Waals surface area contributed by atoms with E-state index >= 15 is 0 Å². The topological polar surface area (TPSA) is 41.1 Å². The average molecular weight is 207 g/mol. The summed E-state index contributed by atoms with van der Waals surface area (Å²) < 4.78 is 0. The van der Waals surface area contributed by atoms with Gasteiger partial charge in [0.1, 0.15) is 0 Å². The molecule has 1 amide bonds. The molecule has 2 N–H and O–H groups in total. The van der Waals surface area contributed by atoms with E-state index in [4.69, 9.17) is 0 Å². The van der Waals surface area contributed by atoms with Crippen LogP contribution in [0.3, 0.4) is 0 Å². The van der Waals surface area contributed by atoms with Gasteiger partial charge in [0.05, 0.1) is 0 Å². The summed E-state index contributed by atoms with van der Waals surface area (Å²) in [6.07, 6.45) is 3.02. The first-order valence-electron chi connectivity index (χ1n) is 4.80. The Morgan fingerprint density at radius 2 is 2.08 bits per heavy atom. The van der Waals surface area contributed by atoms with Crippen molar-refractivity contribution < 1.29 is 4.79 Å². The highest BCUT2D eigenvalue weighted by Crippen LogP contribution is 2.15. The summed E-state index contributed by atoms with van der Waals surface area (Å²) in [5.74, 6) is 0.821. The number of amides is 1.